The first kappa shape index (κ1) is 18.8. The van der Waals surface area contributed by atoms with Gasteiger partial charge in [-0.2, -0.15) is 0 Å². The van der Waals surface area contributed by atoms with Gasteiger partial charge in [0, 0.05) is 13.2 Å². The molecule has 0 radical (unpaired) electrons. The molecule has 1 fully saturated rings. The Hall–Kier alpha value is -0.200. The van der Waals surface area contributed by atoms with Crippen LogP contribution in [0, 0.1) is 0 Å². The van der Waals surface area contributed by atoms with Crippen molar-refractivity contribution >= 4 is 0 Å². The smallest absolute Gasteiger partial charge is 0.186 e. The molecular formula is C16H32O5. The molecule has 0 aliphatic carbocycles. The van der Waals surface area contributed by atoms with Crippen molar-refractivity contribution in [3.8, 4) is 0 Å². The lowest BCUT2D eigenvalue weighted by Crippen LogP contribution is -2.47. The van der Waals surface area contributed by atoms with Crippen molar-refractivity contribution in [2.75, 3.05) is 19.8 Å². The second kappa shape index (κ2) is 9.74. The molecule has 0 spiro atoms. The lowest BCUT2D eigenvalue weighted by molar-refractivity contribution is -0.173. The molecule has 5 heteroatoms. The largest absolute Gasteiger partial charge is 0.382 e. The highest BCUT2D eigenvalue weighted by atomic mass is 16.7. The molecule has 1 aliphatic heterocycles. The average Bonchev–Trinajstić information content (AvgIpc) is 2.66. The summed E-state index contributed by atoms with van der Waals surface area (Å²) >= 11 is 0. The van der Waals surface area contributed by atoms with E-state index in [-0.39, 0.29) is 0 Å². The van der Waals surface area contributed by atoms with Crippen LogP contribution in [-0.2, 0) is 14.2 Å². The molecule has 1 aliphatic rings. The first-order valence-electron chi connectivity index (χ1n) is 8.29. The zero-order valence-corrected chi connectivity index (χ0v) is 13.7. The zero-order chi connectivity index (χ0) is 15.7. The molecule has 0 saturated carbocycles. The van der Waals surface area contributed by atoms with E-state index in [2.05, 4.69) is 13.8 Å². The predicted octanol–water partition coefficient (Wildman–Crippen LogP) is 2.24. The summed E-state index contributed by atoms with van der Waals surface area (Å²) in [5.74, 6) is 0. The van der Waals surface area contributed by atoms with Crippen molar-refractivity contribution in [3.63, 3.8) is 0 Å². The van der Waals surface area contributed by atoms with E-state index in [1.54, 1.807) is 6.92 Å². The zero-order valence-electron chi connectivity index (χ0n) is 13.7. The van der Waals surface area contributed by atoms with Gasteiger partial charge < -0.3 is 24.4 Å². The molecule has 1 heterocycles. The molecule has 21 heavy (non-hydrogen) atoms. The third-order valence-electron chi connectivity index (χ3n) is 3.94. The first-order chi connectivity index (χ1) is 10.0. The fourth-order valence-corrected chi connectivity index (χ4v) is 2.51. The number of aliphatic hydroxyl groups excluding tert-OH is 1. The van der Waals surface area contributed by atoms with E-state index >= 15 is 0 Å². The van der Waals surface area contributed by atoms with Crippen LogP contribution in [0.4, 0.5) is 0 Å². The minimum atomic E-state index is -1.39. The Kier molecular flexibility index (Phi) is 8.74. The standard InChI is InChI=1S/C16H32O5/c1-4-6-8-10-19-12-13-14(20-11-9-7-5-2)16(3,18)15(17)21-13/h13-15,17-18H,4-12H2,1-3H3/t13-,14-,15+,16-/m1/s1. The van der Waals surface area contributed by atoms with E-state index in [4.69, 9.17) is 14.2 Å². The maximum atomic E-state index is 10.3. The Labute approximate surface area is 128 Å². The Balaban J connectivity index is 2.39. The number of aliphatic hydroxyl groups is 2. The average molecular weight is 304 g/mol. The first-order valence-corrected chi connectivity index (χ1v) is 8.29. The monoisotopic (exact) mass is 304 g/mol. The van der Waals surface area contributed by atoms with Gasteiger partial charge in [0.2, 0.25) is 0 Å². The van der Waals surface area contributed by atoms with Crippen molar-refractivity contribution in [3.05, 3.63) is 0 Å². The summed E-state index contributed by atoms with van der Waals surface area (Å²) < 4.78 is 16.8. The Morgan fingerprint density at radius 1 is 1.05 bits per heavy atom. The summed E-state index contributed by atoms with van der Waals surface area (Å²) in [6, 6.07) is 0. The van der Waals surface area contributed by atoms with Crippen LogP contribution in [0.5, 0.6) is 0 Å². The van der Waals surface area contributed by atoms with Crippen LogP contribution in [0.15, 0.2) is 0 Å². The maximum Gasteiger partial charge on any atom is 0.186 e. The number of unbranched alkanes of at least 4 members (excludes halogenated alkanes) is 4. The molecule has 1 rings (SSSR count). The summed E-state index contributed by atoms with van der Waals surface area (Å²) in [6.07, 6.45) is 4.28. The van der Waals surface area contributed by atoms with Gasteiger partial charge in [-0.25, -0.2) is 0 Å². The van der Waals surface area contributed by atoms with E-state index in [0.717, 1.165) is 38.5 Å². The van der Waals surface area contributed by atoms with Crippen LogP contribution in [-0.4, -0.2) is 54.1 Å². The third-order valence-corrected chi connectivity index (χ3v) is 3.94. The van der Waals surface area contributed by atoms with Crippen molar-refractivity contribution in [1.82, 2.24) is 0 Å². The van der Waals surface area contributed by atoms with Gasteiger partial charge in [0.15, 0.2) is 6.29 Å². The highest BCUT2D eigenvalue weighted by Crippen LogP contribution is 2.32. The quantitative estimate of drug-likeness (QED) is 0.573. The van der Waals surface area contributed by atoms with Crippen LogP contribution in [0.3, 0.4) is 0 Å². The highest BCUT2D eigenvalue weighted by molar-refractivity contribution is 4.97. The number of rotatable bonds is 11. The van der Waals surface area contributed by atoms with E-state index in [0.29, 0.717) is 19.8 Å². The van der Waals surface area contributed by atoms with E-state index in [1.165, 1.54) is 0 Å². The van der Waals surface area contributed by atoms with Crippen LogP contribution in [0.1, 0.15) is 59.3 Å². The van der Waals surface area contributed by atoms with Gasteiger partial charge in [0.25, 0.3) is 0 Å². The van der Waals surface area contributed by atoms with Crippen molar-refractivity contribution in [2.45, 2.75) is 83.4 Å². The van der Waals surface area contributed by atoms with E-state index < -0.39 is 24.1 Å². The molecule has 2 N–H and O–H groups in total. The van der Waals surface area contributed by atoms with E-state index in [9.17, 15) is 10.2 Å². The topological polar surface area (TPSA) is 68.2 Å². The van der Waals surface area contributed by atoms with Crippen LogP contribution in [0.25, 0.3) is 0 Å². The van der Waals surface area contributed by atoms with Gasteiger partial charge >= 0.3 is 0 Å². The highest BCUT2D eigenvalue weighted by Gasteiger charge is 2.53. The predicted molar refractivity (Wildman–Crippen MR) is 81.1 cm³/mol. The van der Waals surface area contributed by atoms with E-state index in [1.807, 2.05) is 0 Å². The molecule has 1 saturated heterocycles. The lowest BCUT2D eigenvalue weighted by atomic mass is 9.97. The van der Waals surface area contributed by atoms with Crippen LogP contribution in [0.2, 0.25) is 0 Å². The Morgan fingerprint density at radius 3 is 2.29 bits per heavy atom. The molecule has 0 bridgehead atoms. The fourth-order valence-electron chi connectivity index (χ4n) is 2.51. The van der Waals surface area contributed by atoms with Gasteiger partial charge in [0.1, 0.15) is 17.8 Å². The third kappa shape index (κ3) is 5.83. The number of hydrogen-bond donors (Lipinski definition) is 2. The summed E-state index contributed by atoms with van der Waals surface area (Å²) in [6.45, 7) is 7.42. The van der Waals surface area contributed by atoms with Gasteiger partial charge in [-0.1, -0.05) is 39.5 Å². The lowest BCUT2D eigenvalue weighted by Gasteiger charge is -2.28. The van der Waals surface area contributed by atoms with Gasteiger partial charge in [-0.05, 0) is 19.8 Å². The number of ether oxygens (including phenoxy) is 3. The Morgan fingerprint density at radius 2 is 1.67 bits per heavy atom. The molecule has 126 valence electrons. The van der Waals surface area contributed by atoms with Gasteiger partial charge in [-0.15, -0.1) is 0 Å². The van der Waals surface area contributed by atoms with Gasteiger partial charge in [-0.3, -0.25) is 0 Å². The minimum Gasteiger partial charge on any atom is -0.382 e. The normalized spacial score (nSPS) is 32.7. The molecule has 5 nitrogen and oxygen atoms in total. The minimum absolute atomic E-state index is 0.343. The van der Waals surface area contributed by atoms with Crippen molar-refractivity contribution in [1.29, 1.82) is 0 Å². The molecular weight excluding hydrogens is 272 g/mol. The molecule has 0 amide bonds. The molecule has 0 unspecified atom stereocenters. The maximum absolute atomic E-state index is 10.3. The van der Waals surface area contributed by atoms with Crippen LogP contribution >= 0.6 is 0 Å². The summed E-state index contributed by atoms with van der Waals surface area (Å²) in [5.41, 5.74) is -1.39. The van der Waals surface area contributed by atoms with Crippen molar-refractivity contribution in [2.24, 2.45) is 0 Å². The van der Waals surface area contributed by atoms with Gasteiger partial charge in [0.05, 0.1) is 6.61 Å². The summed E-state index contributed by atoms with van der Waals surface area (Å²) in [5, 5.41) is 20.2. The number of hydrogen-bond acceptors (Lipinski definition) is 5. The SMILES string of the molecule is CCCCCOC[C@H]1O[C@H](O)[C@](C)(O)[C@@H]1OCCCCC. The van der Waals surface area contributed by atoms with Crippen LogP contribution < -0.4 is 0 Å². The molecule has 0 aromatic carbocycles. The Bertz CT molecular complexity index is 269. The second-order valence-corrected chi connectivity index (χ2v) is 6.03. The molecule has 0 aromatic rings. The van der Waals surface area contributed by atoms with Crippen molar-refractivity contribution < 1.29 is 24.4 Å². The fraction of sp³-hybridized carbons (Fsp3) is 1.00. The second-order valence-electron chi connectivity index (χ2n) is 6.03. The molecule has 0 aromatic heterocycles. The molecule has 4 atom stereocenters. The summed E-state index contributed by atoms with van der Waals surface area (Å²) in [7, 11) is 0. The summed E-state index contributed by atoms with van der Waals surface area (Å²) in [4.78, 5) is 0.